The first-order valence-corrected chi connectivity index (χ1v) is 12.2. The van der Waals surface area contributed by atoms with E-state index in [1.54, 1.807) is 14.2 Å². The van der Waals surface area contributed by atoms with E-state index in [-0.39, 0.29) is 12.1 Å². The number of methoxy groups -OCH3 is 2. The van der Waals surface area contributed by atoms with E-state index in [0.29, 0.717) is 10.9 Å². The molecule has 0 unspecified atom stereocenters. The van der Waals surface area contributed by atoms with Gasteiger partial charge in [0.2, 0.25) is 0 Å². The summed E-state index contributed by atoms with van der Waals surface area (Å²) < 4.78 is 13.5. The number of aromatic nitrogens is 3. The largest absolute Gasteiger partial charge is 0.497 e. The van der Waals surface area contributed by atoms with Crippen LogP contribution in [0.1, 0.15) is 40.3 Å². The quantitative estimate of drug-likeness (QED) is 0.357. The van der Waals surface area contributed by atoms with E-state index in [2.05, 4.69) is 57.7 Å². The molecule has 1 N–H and O–H groups in total. The van der Waals surface area contributed by atoms with Crippen molar-refractivity contribution >= 4 is 23.0 Å². The van der Waals surface area contributed by atoms with Crippen molar-refractivity contribution in [2.45, 2.75) is 32.9 Å². The van der Waals surface area contributed by atoms with Gasteiger partial charge < -0.3 is 24.3 Å². The normalized spacial score (nSPS) is 17.2. The van der Waals surface area contributed by atoms with Crippen LogP contribution in [0.4, 0.5) is 5.69 Å². The highest BCUT2D eigenvalue weighted by Crippen LogP contribution is 2.47. The van der Waals surface area contributed by atoms with Crippen molar-refractivity contribution < 1.29 is 9.47 Å². The fraction of sp³-hybridized carbons (Fsp3) is 0.250. The zero-order valence-electron chi connectivity index (χ0n) is 21.0. The van der Waals surface area contributed by atoms with Gasteiger partial charge >= 0.3 is 0 Å². The summed E-state index contributed by atoms with van der Waals surface area (Å²) in [6, 6.07) is 17.7. The van der Waals surface area contributed by atoms with Crippen molar-refractivity contribution in [2.75, 3.05) is 19.1 Å². The summed E-state index contributed by atoms with van der Waals surface area (Å²) in [6.07, 6.45) is 3.66. The van der Waals surface area contributed by atoms with Gasteiger partial charge in [-0.3, -0.25) is 4.98 Å². The molecule has 1 aliphatic heterocycles. The zero-order chi connectivity index (χ0) is 25.4. The van der Waals surface area contributed by atoms with E-state index in [0.717, 1.165) is 45.5 Å². The second-order valence-corrected chi connectivity index (χ2v) is 9.27. The Kier molecular flexibility index (Phi) is 6.36. The molecule has 5 rings (SSSR count). The molecule has 0 saturated carbocycles. The molecule has 4 aromatic rings. The smallest absolute Gasteiger partial charge is 0.174 e. The van der Waals surface area contributed by atoms with Crippen LogP contribution in [0.5, 0.6) is 11.5 Å². The molecule has 0 spiro atoms. The average Bonchev–Trinajstić information content (AvgIpc) is 3.38. The first kappa shape index (κ1) is 23.8. The predicted molar refractivity (Wildman–Crippen MR) is 145 cm³/mol. The molecule has 1 aliphatic rings. The standard InChI is InChI=1S/C28H29N5O2S/c1-17-11-13-30-25(14-17)32-18(2)15-21(19(32)3)27-26(22-8-6-7-12-29-22)31-28(36)33(27)23-16-20(34-4)9-10-24(23)35-5/h6-16,26-27H,1-5H3,(H,31,36)/t26-,27-/m0/s1. The summed E-state index contributed by atoms with van der Waals surface area (Å²) in [6.45, 7) is 6.31. The number of nitrogens with one attached hydrogen (secondary N) is 1. The maximum atomic E-state index is 5.93. The highest BCUT2D eigenvalue weighted by Gasteiger charge is 2.43. The molecular weight excluding hydrogens is 470 g/mol. The molecule has 4 heterocycles. The minimum Gasteiger partial charge on any atom is -0.497 e. The summed E-state index contributed by atoms with van der Waals surface area (Å²) in [4.78, 5) is 11.4. The monoisotopic (exact) mass is 499 g/mol. The van der Waals surface area contributed by atoms with Crippen molar-refractivity contribution in [3.63, 3.8) is 0 Å². The Morgan fingerprint density at radius 1 is 0.917 bits per heavy atom. The van der Waals surface area contributed by atoms with Gasteiger partial charge in [-0.15, -0.1) is 0 Å². The molecular formula is C28H29N5O2S. The number of benzene rings is 1. The number of pyridine rings is 2. The molecule has 1 fully saturated rings. The van der Waals surface area contributed by atoms with Crippen LogP contribution in [0.25, 0.3) is 5.82 Å². The number of aryl methyl sites for hydroxylation is 2. The van der Waals surface area contributed by atoms with Crippen LogP contribution in [0.15, 0.2) is 67.0 Å². The molecule has 0 aliphatic carbocycles. The van der Waals surface area contributed by atoms with Crippen molar-refractivity contribution in [1.29, 1.82) is 0 Å². The third kappa shape index (κ3) is 4.07. The van der Waals surface area contributed by atoms with Gasteiger partial charge in [-0.05, 0) is 86.6 Å². The molecule has 1 aromatic carbocycles. The highest BCUT2D eigenvalue weighted by molar-refractivity contribution is 7.80. The first-order chi connectivity index (χ1) is 17.4. The van der Waals surface area contributed by atoms with Gasteiger partial charge in [-0.25, -0.2) is 4.98 Å². The molecule has 3 aromatic heterocycles. The van der Waals surface area contributed by atoms with E-state index in [4.69, 9.17) is 21.7 Å². The minimum atomic E-state index is -0.182. The molecule has 184 valence electrons. The fourth-order valence-corrected chi connectivity index (χ4v) is 5.34. The second kappa shape index (κ2) is 9.62. The van der Waals surface area contributed by atoms with E-state index in [9.17, 15) is 0 Å². The van der Waals surface area contributed by atoms with Crippen LogP contribution < -0.4 is 19.7 Å². The Hall–Kier alpha value is -3.91. The lowest BCUT2D eigenvalue weighted by atomic mass is 9.96. The van der Waals surface area contributed by atoms with Crippen LogP contribution >= 0.6 is 12.2 Å². The number of anilines is 1. The Morgan fingerprint density at radius 3 is 2.44 bits per heavy atom. The topological polar surface area (TPSA) is 64.4 Å². The van der Waals surface area contributed by atoms with Crippen LogP contribution in [0.2, 0.25) is 0 Å². The summed E-state index contributed by atoms with van der Waals surface area (Å²) >= 11 is 5.93. The van der Waals surface area contributed by atoms with Crippen molar-refractivity contribution in [2.24, 2.45) is 0 Å². The molecule has 0 bridgehead atoms. The van der Waals surface area contributed by atoms with Crippen molar-refractivity contribution in [3.8, 4) is 17.3 Å². The van der Waals surface area contributed by atoms with Crippen molar-refractivity contribution in [1.82, 2.24) is 19.9 Å². The lowest BCUT2D eigenvalue weighted by Gasteiger charge is -2.29. The maximum absolute atomic E-state index is 5.93. The zero-order valence-corrected chi connectivity index (χ0v) is 21.8. The number of ether oxygens (including phenoxy) is 2. The van der Waals surface area contributed by atoms with E-state index >= 15 is 0 Å². The van der Waals surface area contributed by atoms with E-state index in [1.165, 1.54) is 0 Å². The molecule has 36 heavy (non-hydrogen) atoms. The summed E-state index contributed by atoms with van der Waals surface area (Å²) in [5.74, 6) is 2.33. The molecule has 0 radical (unpaired) electrons. The van der Waals surface area contributed by atoms with E-state index in [1.807, 2.05) is 54.9 Å². The van der Waals surface area contributed by atoms with Crippen LogP contribution in [-0.2, 0) is 0 Å². The number of nitrogens with zero attached hydrogens (tertiary/aromatic N) is 4. The summed E-state index contributed by atoms with van der Waals surface area (Å²) in [5.41, 5.74) is 6.21. The number of hydrogen-bond acceptors (Lipinski definition) is 5. The lowest BCUT2D eigenvalue weighted by molar-refractivity contribution is 0.403. The molecule has 7 nitrogen and oxygen atoms in total. The van der Waals surface area contributed by atoms with Crippen LogP contribution in [0.3, 0.4) is 0 Å². The third-order valence-electron chi connectivity index (χ3n) is 6.66. The Morgan fingerprint density at radius 2 is 1.75 bits per heavy atom. The number of thiocarbonyl (C=S) groups is 1. The van der Waals surface area contributed by atoms with Gasteiger partial charge in [0.1, 0.15) is 17.3 Å². The van der Waals surface area contributed by atoms with Gasteiger partial charge in [0.15, 0.2) is 5.11 Å². The number of rotatable bonds is 6. The first-order valence-electron chi connectivity index (χ1n) is 11.8. The lowest BCUT2D eigenvalue weighted by Crippen LogP contribution is -2.30. The average molecular weight is 500 g/mol. The highest BCUT2D eigenvalue weighted by atomic mass is 32.1. The van der Waals surface area contributed by atoms with Gasteiger partial charge in [0.25, 0.3) is 0 Å². The Bertz CT molecular complexity index is 1420. The van der Waals surface area contributed by atoms with Crippen LogP contribution in [0, 0.1) is 20.8 Å². The van der Waals surface area contributed by atoms with Gasteiger partial charge in [-0.2, -0.15) is 0 Å². The molecule has 1 saturated heterocycles. The molecule has 8 heteroatoms. The molecule has 2 atom stereocenters. The second-order valence-electron chi connectivity index (χ2n) is 8.89. The van der Waals surface area contributed by atoms with E-state index < -0.39 is 0 Å². The third-order valence-corrected chi connectivity index (χ3v) is 6.98. The van der Waals surface area contributed by atoms with Crippen LogP contribution in [-0.4, -0.2) is 33.9 Å². The summed E-state index contributed by atoms with van der Waals surface area (Å²) in [7, 11) is 3.32. The Labute approximate surface area is 216 Å². The maximum Gasteiger partial charge on any atom is 0.174 e. The predicted octanol–water partition coefficient (Wildman–Crippen LogP) is 5.39. The SMILES string of the molecule is COc1ccc(OC)c(N2C(=S)N[C@@H](c3ccccn3)[C@@H]2c2cc(C)n(-c3cc(C)ccn3)c2C)c1. The molecule has 0 amide bonds. The summed E-state index contributed by atoms with van der Waals surface area (Å²) in [5, 5.41) is 4.13. The van der Waals surface area contributed by atoms with Gasteiger partial charge in [-0.1, -0.05) is 6.07 Å². The fourth-order valence-electron chi connectivity index (χ4n) is 5.00. The minimum absolute atomic E-state index is 0.172. The number of hydrogen-bond donors (Lipinski definition) is 1. The van der Waals surface area contributed by atoms with Gasteiger partial charge in [0.05, 0.1) is 37.7 Å². The van der Waals surface area contributed by atoms with Crippen molar-refractivity contribution in [3.05, 3.63) is 95.2 Å². The van der Waals surface area contributed by atoms with Gasteiger partial charge in [0, 0.05) is 29.8 Å². The Balaban J connectivity index is 1.72.